The smallest absolute Gasteiger partial charge is 0.218 e. The molecule has 88 valence electrons. The number of rotatable bonds is 4. The summed E-state index contributed by atoms with van der Waals surface area (Å²) in [6, 6.07) is 2.10. The van der Waals surface area contributed by atoms with Gasteiger partial charge in [-0.05, 0) is 26.7 Å². The summed E-state index contributed by atoms with van der Waals surface area (Å²) in [5.41, 5.74) is 0. The Kier molecular flexibility index (Phi) is 3.24. The van der Waals surface area contributed by atoms with Gasteiger partial charge >= 0.3 is 0 Å². The van der Waals surface area contributed by atoms with Gasteiger partial charge in [0.2, 0.25) is 5.88 Å². The third-order valence-electron chi connectivity index (χ3n) is 2.46. The number of anilines is 1. The van der Waals surface area contributed by atoms with Crippen LogP contribution >= 0.6 is 0 Å². The lowest BCUT2D eigenvalue weighted by Crippen LogP contribution is -2.39. The summed E-state index contributed by atoms with van der Waals surface area (Å²) >= 11 is 0. The van der Waals surface area contributed by atoms with Crippen LogP contribution in [0.3, 0.4) is 0 Å². The Labute approximate surface area is 94.9 Å². The molecule has 0 atom stereocenters. The van der Waals surface area contributed by atoms with Crippen LogP contribution in [0, 0.1) is 0 Å². The van der Waals surface area contributed by atoms with Crippen LogP contribution in [0.15, 0.2) is 12.4 Å². The zero-order valence-electron chi connectivity index (χ0n) is 9.55. The molecule has 2 N–H and O–H groups in total. The zero-order chi connectivity index (χ0) is 11.5. The third-order valence-corrected chi connectivity index (χ3v) is 2.46. The molecule has 0 aromatic carbocycles. The van der Waals surface area contributed by atoms with Gasteiger partial charge in [-0.3, -0.25) is 0 Å². The van der Waals surface area contributed by atoms with Crippen LogP contribution in [0.2, 0.25) is 0 Å². The Bertz CT molecular complexity index is 351. The lowest BCUT2D eigenvalue weighted by Gasteiger charge is -2.32. The molecule has 2 rings (SSSR count). The van der Waals surface area contributed by atoms with E-state index in [1.165, 1.54) is 6.33 Å². The minimum Gasteiger partial charge on any atom is -0.475 e. The van der Waals surface area contributed by atoms with Crippen LogP contribution < -0.4 is 10.1 Å². The first-order valence-electron chi connectivity index (χ1n) is 5.57. The van der Waals surface area contributed by atoms with Gasteiger partial charge in [0, 0.05) is 12.1 Å². The molecular weight excluding hydrogens is 206 g/mol. The fraction of sp³-hybridized carbons (Fsp3) is 0.636. The standard InChI is InChI=1S/C11H17N3O2/c1-7(2)16-11-5-10(12-6-13-11)14-8-3-9(15)4-8/h5-9,15H,3-4H2,1-2H3,(H,12,13,14). The molecule has 5 nitrogen and oxygen atoms in total. The van der Waals surface area contributed by atoms with Crippen LogP contribution in [-0.4, -0.2) is 33.3 Å². The Morgan fingerprint density at radius 2 is 2.19 bits per heavy atom. The highest BCUT2D eigenvalue weighted by Crippen LogP contribution is 2.24. The molecule has 0 aliphatic heterocycles. The maximum Gasteiger partial charge on any atom is 0.218 e. The van der Waals surface area contributed by atoms with E-state index in [0.717, 1.165) is 18.7 Å². The van der Waals surface area contributed by atoms with Crippen molar-refractivity contribution in [2.24, 2.45) is 0 Å². The number of aliphatic hydroxyl groups excluding tert-OH is 1. The van der Waals surface area contributed by atoms with Gasteiger partial charge in [0.05, 0.1) is 12.2 Å². The molecule has 16 heavy (non-hydrogen) atoms. The van der Waals surface area contributed by atoms with Crippen LogP contribution in [-0.2, 0) is 0 Å². The predicted molar refractivity (Wildman–Crippen MR) is 60.4 cm³/mol. The Hall–Kier alpha value is -1.36. The number of hydrogen-bond donors (Lipinski definition) is 2. The van der Waals surface area contributed by atoms with Crippen LogP contribution in [0.5, 0.6) is 5.88 Å². The fourth-order valence-electron chi connectivity index (χ4n) is 1.64. The summed E-state index contributed by atoms with van der Waals surface area (Å²) in [6.07, 6.45) is 2.99. The Morgan fingerprint density at radius 1 is 1.44 bits per heavy atom. The lowest BCUT2D eigenvalue weighted by molar-refractivity contribution is 0.0835. The van der Waals surface area contributed by atoms with Gasteiger partial charge in [0.25, 0.3) is 0 Å². The van der Waals surface area contributed by atoms with E-state index in [0.29, 0.717) is 11.9 Å². The summed E-state index contributed by atoms with van der Waals surface area (Å²) < 4.78 is 5.47. The molecule has 5 heteroatoms. The Morgan fingerprint density at radius 3 is 2.81 bits per heavy atom. The molecular formula is C11H17N3O2. The quantitative estimate of drug-likeness (QED) is 0.802. The van der Waals surface area contributed by atoms with Gasteiger partial charge in [0.1, 0.15) is 12.1 Å². The van der Waals surface area contributed by atoms with Crippen molar-refractivity contribution in [1.82, 2.24) is 9.97 Å². The van der Waals surface area contributed by atoms with E-state index in [-0.39, 0.29) is 12.2 Å². The summed E-state index contributed by atoms with van der Waals surface area (Å²) in [4.78, 5) is 8.13. The van der Waals surface area contributed by atoms with Crippen LogP contribution in [0.25, 0.3) is 0 Å². The average molecular weight is 223 g/mol. The third kappa shape index (κ3) is 2.82. The molecule has 0 bridgehead atoms. The summed E-state index contributed by atoms with van der Waals surface area (Å²) in [6.45, 7) is 3.91. The summed E-state index contributed by atoms with van der Waals surface area (Å²) in [5, 5.41) is 12.4. The van der Waals surface area contributed by atoms with Crippen molar-refractivity contribution in [3.8, 4) is 5.88 Å². The molecule has 1 fully saturated rings. The molecule has 1 aromatic rings. The van der Waals surface area contributed by atoms with E-state index in [2.05, 4.69) is 15.3 Å². The lowest BCUT2D eigenvalue weighted by atomic mass is 9.89. The summed E-state index contributed by atoms with van der Waals surface area (Å²) in [5.74, 6) is 1.33. The van der Waals surface area contributed by atoms with Crippen LogP contribution in [0.4, 0.5) is 5.82 Å². The van der Waals surface area contributed by atoms with Gasteiger partial charge in [-0.1, -0.05) is 0 Å². The van der Waals surface area contributed by atoms with Gasteiger partial charge in [-0.2, -0.15) is 0 Å². The molecule has 1 heterocycles. The van der Waals surface area contributed by atoms with Gasteiger partial charge < -0.3 is 15.2 Å². The molecule has 0 amide bonds. The number of aliphatic hydroxyl groups is 1. The number of ether oxygens (including phenoxy) is 1. The van der Waals surface area contributed by atoms with Crippen molar-refractivity contribution in [3.63, 3.8) is 0 Å². The van der Waals surface area contributed by atoms with Crippen molar-refractivity contribution in [2.75, 3.05) is 5.32 Å². The SMILES string of the molecule is CC(C)Oc1cc(NC2CC(O)C2)ncn1. The molecule has 1 aliphatic rings. The average Bonchev–Trinajstić information content (AvgIpc) is 2.15. The number of nitrogens with zero attached hydrogens (tertiary/aromatic N) is 2. The first-order chi connectivity index (χ1) is 7.63. The molecule has 0 saturated heterocycles. The van der Waals surface area contributed by atoms with E-state index < -0.39 is 0 Å². The maximum atomic E-state index is 9.17. The maximum absolute atomic E-state index is 9.17. The van der Waals surface area contributed by atoms with E-state index in [4.69, 9.17) is 4.74 Å². The predicted octanol–water partition coefficient (Wildman–Crippen LogP) is 1.20. The van der Waals surface area contributed by atoms with Crippen molar-refractivity contribution >= 4 is 5.82 Å². The molecule has 1 saturated carbocycles. The first-order valence-corrected chi connectivity index (χ1v) is 5.57. The van der Waals surface area contributed by atoms with Gasteiger partial charge in [0.15, 0.2) is 0 Å². The second-order valence-electron chi connectivity index (χ2n) is 4.37. The molecule has 1 aromatic heterocycles. The molecule has 0 unspecified atom stereocenters. The molecule has 0 radical (unpaired) electrons. The monoisotopic (exact) mass is 223 g/mol. The minimum absolute atomic E-state index is 0.105. The topological polar surface area (TPSA) is 67.3 Å². The van der Waals surface area contributed by atoms with Gasteiger partial charge in [-0.15, -0.1) is 0 Å². The number of aromatic nitrogens is 2. The van der Waals surface area contributed by atoms with E-state index in [1.54, 1.807) is 6.07 Å². The molecule has 0 spiro atoms. The van der Waals surface area contributed by atoms with E-state index in [1.807, 2.05) is 13.8 Å². The normalized spacial score (nSPS) is 24.0. The van der Waals surface area contributed by atoms with Gasteiger partial charge in [-0.25, -0.2) is 9.97 Å². The largest absolute Gasteiger partial charge is 0.475 e. The summed E-state index contributed by atoms with van der Waals surface area (Å²) in [7, 11) is 0. The number of nitrogens with one attached hydrogen (secondary N) is 1. The van der Waals surface area contributed by atoms with E-state index in [9.17, 15) is 5.11 Å². The Balaban J connectivity index is 1.93. The highest BCUT2D eigenvalue weighted by Gasteiger charge is 2.27. The van der Waals surface area contributed by atoms with Crippen molar-refractivity contribution < 1.29 is 9.84 Å². The minimum atomic E-state index is -0.161. The zero-order valence-corrected chi connectivity index (χ0v) is 9.55. The second-order valence-corrected chi connectivity index (χ2v) is 4.37. The second kappa shape index (κ2) is 4.65. The van der Waals surface area contributed by atoms with Crippen molar-refractivity contribution in [1.29, 1.82) is 0 Å². The van der Waals surface area contributed by atoms with Crippen LogP contribution in [0.1, 0.15) is 26.7 Å². The van der Waals surface area contributed by atoms with Crippen molar-refractivity contribution in [2.45, 2.75) is 44.9 Å². The first kappa shape index (κ1) is 11.1. The van der Waals surface area contributed by atoms with E-state index >= 15 is 0 Å². The highest BCUT2D eigenvalue weighted by atomic mass is 16.5. The fourth-order valence-corrected chi connectivity index (χ4v) is 1.64. The highest BCUT2D eigenvalue weighted by molar-refractivity contribution is 5.38. The molecule has 1 aliphatic carbocycles. The number of hydrogen-bond acceptors (Lipinski definition) is 5. The van der Waals surface area contributed by atoms with Crippen molar-refractivity contribution in [3.05, 3.63) is 12.4 Å².